The number of ether oxygens (including phenoxy) is 2. The van der Waals surface area contributed by atoms with Crippen LogP contribution >= 0.6 is 23.1 Å². The van der Waals surface area contributed by atoms with E-state index in [1.807, 2.05) is 72.3 Å². The number of hydrogen-bond acceptors (Lipinski definition) is 9. The van der Waals surface area contributed by atoms with Gasteiger partial charge in [-0.05, 0) is 60.7 Å². The molecule has 0 fully saturated rings. The van der Waals surface area contributed by atoms with E-state index in [9.17, 15) is 14.0 Å². The second-order valence-electron chi connectivity index (χ2n) is 11.0. The average molecular weight is 685 g/mol. The topological polar surface area (TPSA) is 111 Å². The van der Waals surface area contributed by atoms with E-state index in [4.69, 9.17) is 14.6 Å². The summed E-state index contributed by atoms with van der Waals surface area (Å²) in [6, 6.07) is 20.8. The molecule has 2 aromatic heterocycles. The number of carbonyl (C=O) groups excluding carboxylic acids is 2. The minimum atomic E-state index is -0.613. The number of halogens is 1. The third-order valence-electron chi connectivity index (χ3n) is 8.13. The van der Waals surface area contributed by atoms with Crippen molar-refractivity contribution in [1.29, 1.82) is 0 Å². The minimum Gasteiger partial charge on any atom is -0.493 e. The van der Waals surface area contributed by atoms with Crippen molar-refractivity contribution in [3.05, 3.63) is 117 Å². The summed E-state index contributed by atoms with van der Waals surface area (Å²) < 4.78 is 27.4. The molecule has 3 heterocycles. The van der Waals surface area contributed by atoms with Crippen molar-refractivity contribution in [2.24, 2.45) is 5.10 Å². The van der Waals surface area contributed by atoms with Crippen LogP contribution in [0.5, 0.6) is 11.5 Å². The molecule has 48 heavy (non-hydrogen) atoms. The molecule has 1 aliphatic rings. The standard InChI is InChI=1S/C35H33FN6O4S2/c1-21-10-7-14-27(22(21)2)41-31(19-37-34(44)23-11-5-6-13-25(23)36)38-39-35(41)48-20-32(43)42-28(18-26(40-42)30-16-9-17-47-30)24-12-8-15-29(45-3)33(24)46-4/h5-17,28H,18-20H2,1-4H3,(H,37,44). The van der Waals surface area contributed by atoms with Gasteiger partial charge in [-0.1, -0.05) is 54.2 Å². The van der Waals surface area contributed by atoms with Crippen LogP contribution in [0.1, 0.15) is 50.2 Å². The highest BCUT2D eigenvalue weighted by Gasteiger charge is 2.36. The molecule has 0 radical (unpaired) electrons. The smallest absolute Gasteiger partial charge is 0.254 e. The highest BCUT2D eigenvalue weighted by Crippen LogP contribution is 2.42. The highest BCUT2D eigenvalue weighted by molar-refractivity contribution is 7.99. The van der Waals surface area contributed by atoms with Crippen molar-refractivity contribution in [2.45, 2.75) is 38.0 Å². The molecule has 3 aromatic carbocycles. The van der Waals surface area contributed by atoms with Crippen LogP contribution in [0.3, 0.4) is 0 Å². The Balaban J connectivity index is 1.29. The molecule has 246 valence electrons. The number of aryl methyl sites for hydroxylation is 1. The van der Waals surface area contributed by atoms with Crippen LogP contribution in [0.2, 0.25) is 0 Å². The van der Waals surface area contributed by atoms with E-state index in [1.165, 1.54) is 35.0 Å². The maximum absolute atomic E-state index is 14.3. The fraction of sp³-hybridized carbons (Fsp3) is 0.229. The number of aromatic nitrogens is 3. The zero-order valence-electron chi connectivity index (χ0n) is 26.8. The Morgan fingerprint density at radius 3 is 2.56 bits per heavy atom. The first kappa shape index (κ1) is 32.9. The molecule has 1 unspecified atom stereocenters. The Morgan fingerprint density at radius 2 is 1.81 bits per heavy atom. The van der Waals surface area contributed by atoms with Crippen LogP contribution in [0.25, 0.3) is 5.69 Å². The Bertz CT molecular complexity index is 1990. The third-order valence-corrected chi connectivity index (χ3v) is 9.96. The lowest BCUT2D eigenvalue weighted by Crippen LogP contribution is -2.29. The average Bonchev–Trinajstić information content (AvgIpc) is 3.87. The van der Waals surface area contributed by atoms with Crippen LogP contribution in [0.4, 0.5) is 4.39 Å². The highest BCUT2D eigenvalue weighted by atomic mass is 32.2. The molecule has 6 rings (SSSR count). The third kappa shape index (κ3) is 6.56. The van der Waals surface area contributed by atoms with Crippen molar-refractivity contribution < 1.29 is 23.5 Å². The van der Waals surface area contributed by atoms with E-state index in [-0.39, 0.29) is 23.8 Å². The summed E-state index contributed by atoms with van der Waals surface area (Å²) in [6.45, 7) is 3.98. The Kier molecular flexibility index (Phi) is 9.88. The number of amides is 2. The van der Waals surface area contributed by atoms with Gasteiger partial charge in [0.25, 0.3) is 11.8 Å². The molecule has 0 saturated heterocycles. The summed E-state index contributed by atoms with van der Waals surface area (Å²) in [5, 5.41) is 20.3. The van der Waals surface area contributed by atoms with Gasteiger partial charge in [0.15, 0.2) is 22.5 Å². The normalized spacial score (nSPS) is 14.1. The zero-order valence-corrected chi connectivity index (χ0v) is 28.4. The van der Waals surface area contributed by atoms with Crippen LogP contribution in [0, 0.1) is 19.7 Å². The molecule has 10 nitrogen and oxygen atoms in total. The monoisotopic (exact) mass is 684 g/mol. The molecular weight excluding hydrogens is 652 g/mol. The SMILES string of the molecule is COc1cccc(C2CC(c3cccs3)=NN2C(=O)CSc2nnc(CNC(=O)c3ccccc3F)n2-c2cccc(C)c2C)c1OC. The molecule has 0 spiro atoms. The first-order valence-corrected chi connectivity index (χ1v) is 17.0. The summed E-state index contributed by atoms with van der Waals surface area (Å²) in [5.41, 5.74) is 4.38. The van der Waals surface area contributed by atoms with Crippen molar-refractivity contribution in [3.8, 4) is 17.2 Å². The maximum Gasteiger partial charge on any atom is 0.254 e. The van der Waals surface area contributed by atoms with Crippen LogP contribution < -0.4 is 14.8 Å². The number of rotatable bonds is 11. The number of carbonyl (C=O) groups is 2. The van der Waals surface area contributed by atoms with E-state index in [0.29, 0.717) is 28.9 Å². The number of thioether (sulfide) groups is 1. The van der Waals surface area contributed by atoms with Crippen molar-refractivity contribution >= 4 is 40.6 Å². The quantitative estimate of drug-likeness (QED) is 0.158. The van der Waals surface area contributed by atoms with E-state index < -0.39 is 17.8 Å². The number of hydrazone groups is 1. The number of nitrogens with one attached hydrogen (secondary N) is 1. The fourth-order valence-electron chi connectivity index (χ4n) is 5.57. The number of benzene rings is 3. The van der Waals surface area contributed by atoms with Gasteiger partial charge in [0, 0.05) is 12.0 Å². The number of para-hydroxylation sites is 1. The van der Waals surface area contributed by atoms with Crippen molar-refractivity contribution in [3.63, 3.8) is 0 Å². The first-order valence-electron chi connectivity index (χ1n) is 15.1. The molecular formula is C35H33FN6O4S2. The molecule has 0 aliphatic carbocycles. The summed E-state index contributed by atoms with van der Waals surface area (Å²) in [5.74, 6) is 0.146. The molecule has 2 amide bonds. The van der Waals surface area contributed by atoms with Crippen LogP contribution in [-0.2, 0) is 11.3 Å². The van der Waals surface area contributed by atoms with Crippen molar-refractivity contribution in [1.82, 2.24) is 25.1 Å². The van der Waals surface area contributed by atoms with E-state index in [2.05, 4.69) is 15.5 Å². The molecule has 1 atom stereocenters. The van der Waals surface area contributed by atoms with Gasteiger partial charge in [-0.2, -0.15) is 5.10 Å². The van der Waals surface area contributed by atoms with E-state index >= 15 is 0 Å². The second-order valence-corrected chi connectivity index (χ2v) is 12.9. The number of methoxy groups -OCH3 is 2. The fourth-order valence-corrected chi connectivity index (χ4v) is 7.11. The van der Waals surface area contributed by atoms with Gasteiger partial charge >= 0.3 is 0 Å². The lowest BCUT2D eigenvalue weighted by molar-refractivity contribution is -0.130. The molecule has 13 heteroatoms. The van der Waals surface area contributed by atoms with Gasteiger partial charge in [-0.15, -0.1) is 21.5 Å². The summed E-state index contributed by atoms with van der Waals surface area (Å²) in [4.78, 5) is 27.8. The van der Waals surface area contributed by atoms with Gasteiger partial charge in [-0.3, -0.25) is 14.2 Å². The number of thiophene rings is 1. The summed E-state index contributed by atoms with van der Waals surface area (Å²) in [6.07, 6.45) is 0.505. The van der Waals surface area contributed by atoms with Crippen LogP contribution in [-0.4, -0.2) is 57.3 Å². The van der Waals surface area contributed by atoms with Gasteiger partial charge in [-0.25, -0.2) is 9.40 Å². The lowest BCUT2D eigenvalue weighted by atomic mass is 9.99. The second kappa shape index (κ2) is 14.4. The van der Waals surface area contributed by atoms with Gasteiger partial charge < -0.3 is 14.8 Å². The van der Waals surface area contributed by atoms with E-state index in [1.54, 1.807) is 31.6 Å². The Hall–Kier alpha value is -5.01. The Labute approximate surface area is 285 Å². The largest absolute Gasteiger partial charge is 0.493 e. The van der Waals surface area contributed by atoms with Crippen LogP contribution in [0.15, 0.2) is 88.4 Å². The number of nitrogens with zero attached hydrogens (tertiary/aromatic N) is 5. The molecule has 0 saturated carbocycles. The molecule has 1 aliphatic heterocycles. The first-order chi connectivity index (χ1) is 23.3. The lowest BCUT2D eigenvalue weighted by Gasteiger charge is -2.24. The van der Waals surface area contributed by atoms with Gasteiger partial charge in [0.05, 0.1) is 54.4 Å². The zero-order chi connectivity index (χ0) is 33.8. The maximum atomic E-state index is 14.3. The van der Waals surface area contributed by atoms with E-state index in [0.717, 1.165) is 33.0 Å². The summed E-state index contributed by atoms with van der Waals surface area (Å²) >= 11 is 2.79. The van der Waals surface area contributed by atoms with Crippen molar-refractivity contribution in [2.75, 3.05) is 20.0 Å². The molecule has 5 aromatic rings. The van der Waals surface area contributed by atoms with Gasteiger partial charge in [0.1, 0.15) is 5.82 Å². The predicted molar refractivity (Wildman–Crippen MR) is 184 cm³/mol. The predicted octanol–water partition coefficient (Wildman–Crippen LogP) is 6.50. The van der Waals surface area contributed by atoms with Gasteiger partial charge in [0.2, 0.25) is 0 Å². The number of hydrogen-bond donors (Lipinski definition) is 1. The Morgan fingerprint density at radius 1 is 1.00 bits per heavy atom. The summed E-state index contributed by atoms with van der Waals surface area (Å²) in [7, 11) is 3.16. The molecule has 0 bridgehead atoms. The minimum absolute atomic E-state index is 0.00852. The molecule has 1 N–H and O–H groups in total.